The summed E-state index contributed by atoms with van der Waals surface area (Å²) in [5.41, 5.74) is 6.33. The number of aromatic nitrogens is 2. The van der Waals surface area contributed by atoms with Crippen molar-refractivity contribution < 1.29 is 4.39 Å². The number of aryl methyl sites for hydroxylation is 1. The van der Waals surface area contributed by atoms with Crippen LogP contribution in [0.2, 0.25) is 5.02 Å². The molecule has 8 heteroatoms. The molecule has 5 nitrogen and oxygen atoms in total. The zero-order valence-corrected chi connectivity index (χ0v) is 25.4. The fourth-order valence-corrected chi connectivity index (χ4v) is 7.44. The number of piperidine rings is 1. The van der Waals surface area contributed by atoms with Crippen LogP contribution in [0.4, 0.5) is 15.8 Å². The van der Waals surface area contributed by atoms with E-state index in [-0.39, 0.29) is 17.9 Å². The average Bonchev–Trinajstić information content (AvgIpc) is 3.43. The maximum Gasteiger partial charge on any atom is 0.174 e. The molecule has 212 valence electrons. The summed E-state index contributed by atoms with van der Waals surface area (Å²) in [7, 11) is 0. The van der Waals surface area contributed by atoms with Crippen LogP contribution in [-0.2, 0) is 0 Å². The second-order valence-electron chi connectivity index (χ2n) is 11.6. The number of thiocarbonyl (C=S) groups is 1. The zero-order chi connectivity index (χ0) is 28.8. The maximum absolute atomic E-state index is 15.0. The first-order chi connectivity index (χ1) is 19.7. The van der Waals surface area contributed by atoms with Crippen LogP contribution in [0.5, 0.6) is 0 Å². The molecule has 4 aromatic rings. The van der Waals surface area contributed by atoms with Crippen molar-refractivity contribution >= 4 is 40.3 Å². The van der Waals surface area contributed by atoms with Crippen molar-refractivity contribution in [3.05, 3.63) is 106 Å². The van der Waals surface area contributed by atoms with Gasteiger partial charge in [0.25, 0.3) is 0 Å². The maximum atomic E-state index is 15.0. The number of anilines is 2. The quantitative estimate of drug-likeness (QED) is 0.240. The summed E-state index contributed by atoms with van der Waals surface area (Å²) < 4.78 is 16.9. The predicted molar refractivity (Wildman–Crippen MR) is 170 cm³/mol. The van der Waals surface area contributed by atoms with Crippen LogP contribution in [0.3, 0.4) is 0 Å². The first-order valence-corrected chi connectivity index (χ1v) is 15.0. The number of halogens is 2. The minimum atomic E-state index is -0.261. The number of nitrogens with one attached hydrogen (secondary N) is 1. The van der Waals surface area contributed by atoms with E-state index in [1.54, 1.807) is 12.3 Å². The highest BCUT2D eigenvalue weighted by atomic mass is 35.5. The van der Waals surface area contributed by atoms with Gasteiger partial charge in [0.05, 0.1) is 34.2 Å². The Labute approximate surface area is 252 Å². The van der Waals surface area contributed by atoms with Crippen molar-refractivity contribution in [2.24, 2.45) is 11.8 Å². The molecular formula is C33H35ClFN5S. The fourth-order valence-electron chi connectivity index (χ4n) is 6.80. The van der Waals surface area contributed by atoms with E-state index in [9.17, 15) is 4.39 Å². The van der Waals surface area contributed by atoms with Crippen molar-refractivity contribution in [1.29, 1.82) is 0 Å². The van der Waals surface area contributed by atoms with E-state index in [2.05, 4.69) is 52.1 Å². The lowest BCUT2D eigenvalue weighted by molar-refractivity contribution is 0.357. The smallest absolute Gasteiger partial charge is 0.174 e. The molecule has 4 heterocycles. The van der Waals surface area contributed by atoms with Gasteiger partial charge in [0.2, 0.25) is 0 Å². The van der Waals surface area contributed by atoms with Gasteiger partial charge in [-0.3, -0.25) is 4.98 Å². The van der Waals surface area contributed by atoms with E-state index in [1.807, 2.05) is 54.8 Å². The molecule has 4 atom stereocenters. The molecule has 0 saturated carbocycles. The minimum Gasteiger partial charge on any atom is -0.370 e. The van der Waals surface area contributed by atoms with Crippen molar-refractivity contribution in [3.63, 3.8) is 0 Å². The number of para-hydroxylation sites is 1. The molecule has 0 amide bonds. The van der Waals surface area contributed by atoms with Crippen LogP contribution >= 0.6 is 23.8 Å². The molecule has 2 fully saturated rings. The Morgan fingerprint density at radius 2 is 1.68 bits per heavy atom. The van der Waals surface area contributed by atoms with E-state index in [1.165, 1.54) is 12.5 Å². The predicted octanol–water partition coefficient (Wildman–Crippen LogP) is 7.94. The summed E-state index contributed by atoms with van der Waals surface area (Å²) >= 11 is 13.0. The Kier molecular flexibility index (Phi) is 7.51. The molecule has 41 heavy (non-hydrogen) atoms. The average molecular weight is 588 g/mol. The van der Waals surface area contributed by atoms with Gasteiger partial charge in [0.1, 0.15) is 5.82 Å². The van der Waals surface area contributed by atoms with Crippen molar-refractivity contribution in [2.75, 3.05) is 22.9 Å². The molecule has 2 aliphatic rings. The number of rotatable bonds is 5. The van der Waals surface area contributed by atoms with E-state index < -0.39 is 0 Å². The van der Waals surface area contributed by atoms with Gasteiger partial charge in [0.15, 0.2) is 5.11 Å². The van der Waals surface area contributed by atoms with Crippen molar-refractivity contribution in [2.45, 2.75) is 46.2 Å². The third-order valence-electron chi connectivity index (χ3n) is 8.40. The highest BCUT2D eigenvalue weighted by Crippen LogP contribution is 2.45. The van der Waals surface area contributed by atoms with Gasteiger partial charge in [-0.25, -0.2) is 4.39 Å². The third-order valence-corrected chi connectivity index (χ3v) is 9.02. The monoisotopic (exact) mass is 587 g/mol. The summed E-state index contributed by atoms with van der Waals surface area (Å²) in [5, 5.41) is 4.86. The molecule has 0 radical (unpaired) electrons. The second kappa shape index (κ2) is 11.1. The van der Waals surface area contributed by atoms with Crippen LogP contribution in [0, 0.1) is 31.5 Å². The van der Waals surface area contributed by atoms with Gasteiger partial charge in [-0.05, 0) is 98.4 Å². The number of nitrogens with zero attached hydrogens (tertiary/aromatic N) is 4. The Hall–Kier alpha value is -3.42. The molecule has 2 saturated heterocycles. The van der Waals surface area contributed by atoms with E-state index in [0.717, 1.165) is 47.1 Å². The summed E-state index contributed by atoms with van der Waals surface area (Å²) in [6.45, 7) is 10.7. The van der Waals surface area contributed by atoms with Crippen molar-refractivity contribution in [3.8, 4) is 5.69 Å². The standard InChI is InChI=1S/C33H35ClFN5S/c1-20-15-21(2)19-38(18-20)29-13-12-24(17-26(29)34)40-32(31(37-33(40)41)28-10-7-8-14-36-28)25-16-22(3)39(23(25)4)30-11-6-5-9-27(30)35/h5-14,16-17,20-21,31-32H,15,18-19H2,1-4H3,(H,37,41)/t20-,21-,31-,32+/m0/s1. The van der Waals surface area contributed by atoms with Crippen molar-refractivity contribution in [1.82, 2.24) is 14.9 Å². The minimum absolute atomic E-state index is 0.208. The largest absolute Gasteiger partial charge is 0.370 e. The van der Waals surface area contributed by atoms with Gasteiger partial charge in [-0.15, -0.1) is 0 Å². The van der Waals surface area contributed by atoms with Gasteiger partial charge < -0.3 is 19.7 Å². The zero-order valence-electron chi connectivity index (χ0n) is 23.8. The SMILES string of the molecule is Cc1cc([C@@H]2[C@H](c3ccccn3)NC(=S)N2c2ccc(N3C[C@@H](C)C[C@H](C)C3)c(Cl)c2)c(C)n1-c1ccccc1F. The molecule has 2 aromatic carbocycles. The Morgan fingerprint density at radius 1 is 0.951 bits per heavy atom. The van der Waals surface area contributed by atoms with Gasteiger partial charge in [-0.2, -0.15) is 0 Å². The van der Waals surface area contributed by atoms with Crippen LogP contribution in [0.1, 0.15) is 55.0 Å². The lowest BCUT2D eigenvalue weighted by Crippen LogP contribution is -2.38. The lowest BCUT2D eigenvalue weighted by Gasteiger charge is -2.37. The van der Waals surface area contributed by atoms with E-state index in [4.69, 9.17) is 23.8 Å². The third kappa shape index (κ3) is 5.10. The van der Waals surface area contributed by atoms with E-state index >= 15 is 0 Å². The van der Waals surface area contributed by atoms with Gasteiger partial charge >= 0.3 is 0 Å². The van der Waals surface area contributed by atoms with Crippen LogP contribution < -0.4 is 15.1 Å². The van der Waals surface area contributed by atoms with Crippen LogP contribution in [0.25, 0.3) is 5.69 Å². The molecule has 2 aromatic heterocycles. The summed E-state index contributed by atoms with van der Waals surface area (Å²) in [4.78, 5) is 9.23. The molecule has 0 spiro atoms. The normalized spacial score (nSPS) is 22.7. The second-order valence-corrected chi connectivity index (χ2v) is 12.4. The summed E-state index contributed by atoms with van der Waals surface area (Å²) in [5.74, 6) is 0.985. The molecule has 0 bridgehead atoms. The summed E-state index contributed by atoms with van der Waals surface area (Å²) in [6.07, 6.45) is 3.04. The topological polar surface area (TPSA) is 36.3 Å². The molecule has 0 unspecified atom stereocenters. The first-order valence-electron chi connectivity index (χ1n) is 14.2. The number of benzene rings is 2. The van der Waals surface area contributed by atoms with Crippen LogP contribution in [0.15, 0.2) is 72.9 Å². The van der Waals surface area contributed by atoms with Crippen LogP contribution in [-0.4, -0.2) is 27.8 Å². The fraction of sp³-hybridized carbons (Fsp3) is 0.333. The Morgan fingerprint density at radius 3 is 2.37 bits per heavy atom. The van der Waals surface area contributed by atoms with Gasteiger partial charge in [-0.1, -0.05) is 43.6 Å². The molecular weight excluding hydrogens is 553 g/mol. The Bertz CT molecular complexity index is 1580. The number of hydrogen-bond acceptors (Lipinski definition) is 3. The molecule has 1 N–H and O–H groups in total. The number of hydrogen-bond donors (Lipinski definition) is 1. The highest BCUT2D eigenvalue weighted by molar-refractivity contribution is 7.80. The lowest BCUT2D eigenvalue weighted by atomic mass is 9.91. The molecule has 0 aliphatic carbocycles. The Balaban J connectivity index is 1.45. The first kappa shape index (κ1) is 27.7. The summed E-state index contributed by atoms with van der Waals surface area (Å²) in [6, 6.07) is 20.8. The molecule has 6 rings (SSSR count). The molecule has 2 aliphatic heterocycles. The number of pyridine rings is 1. The van der Waals surface area contributed by atoms with Gasteiger partial charge in [0, 0.05) is 36.4 Å². The highest BCUT2D eigenvalue weighted by Gasteiger charge is 2.42. The van der Waals surface area contributed by atoms with E-state index in [0.29, 0.717) is 27.7 Å².